The summed E-state index contributed by atoms with van der Waals surface area (Å²) in [6, 6.07) is -0.0848. The largest absolute Gasteiger partial charge is 0.376 e. The number of hydrogen-bond donors (Lipinski definition) is 1. The van der Waals surface area contributed by atoms with Crippen molar-refractivity contribution in [1.82, 2.24) is 4.90 Å². The van der Waals surface area contributed by atoms with Crippen LogP contribution in [0.3, 0.4) is 0 Å². The number of halogens is 1. The van der Waals surface area contributed by atoms with Crippen LogP contribution in [-0.2, 0) is 9.53 Å². The lowest BCUT2D eigenvalue weighted by Crippen LogP contribution is -2.41. The summed E-state index contributed by atoms with van der Waals surface area (Å²) in [4.78, 5) is 14.0. The summed E-state index contributed by atoms with van der Waals surface area (Å²) in [6.45, 7) is 10.5. The Kier molecular flexibility index (Phi) is 8.62. The second-order valence-electron chi connectivity index (χ2n) is 5.90. The Morgan fingerprint density at radius 1 is 1.37 bits per heavy atom. The van der Waals surface area contributed by atoms with Crippen LogP contribution in [0.1, 0.15) is 40.5 Å². The van der Waals surface area contributed by atoms with Crippen molar-refractivity contribution in [1.29, 1.82) is 0 Å². The average molecular weight is 293 g/mol. The maximum atomic E-state index is 12.1. The summed E-state index contributed by atoms with van der Waals surface area (Å²) in [7, 11) is 0. The molecule has 1 fully saturated rings. The highest BCUT2D eigenvalue weighted by Crippen LogP contribution is 2.17. The van der Waals surface area contributed by atoms with E-state index in [9.17, 15) is 4.79 Å². The number of rotatable bonds is 6. The van der Waals surface area contributed by atoms with Crippen LogP contribution >= 0.6 is 12.4 Å². The number of amides is 1. The Labute approximate surface area is 123 Å². The van der Waals surface area contributed by atoms with E-state index in [-0.39, 0.29) is 36.4 Å². The molecular formula is C14H29ClN2O2. The predicted octanol–water partition coefficient (Wildman–Crippen LogP) is 2.06. The van der Waals surface area contributed by atoms with E-state index < -0.39 is 0 Å². The summed E-state index contributed by atoms with van der Waals surface area (Å²) in [5, 5.41) is 0. The molecule has 0 saturated carbocycles. The van der Waals surface area contributed by atoms with Gasteiger partial charge in [0.25, 0.3) is 0 Å². The van der Waals surface area contributed by atoms with Crippen molar-refractivity contribution in [3.8, 4) is 0 Å². The first-order valence-corrected chi connectivity index (χ1v) is 7.07. The van der Waals surface area contributed by atoms with E-state index >= 15 is 0 Å². The molecule has 1 aliphatic rings. The zero-order chi connectivity index (χ0) is 13.7. The van der Waals surface area contributed by atoms with E-state index in [0.717, 1.165) is 32.5 Å². The molecule has 19 heavy (non-hydrogen) atoms. The number of likely N-dealkylation sites (tertiary alicyclic amines) is 1. The van der Waals surface area contributed by atoms with Crippen LogP contribution in [0.25, 0.3) is 0 Å². The highest BCUT2D eigenvalue weighted by Gasteiger charge is 2.30. The van der Waals surface area contributed by atoms with Gasteiger partial charge in [0.2, 0.25) is 5.91 Å². The van der Waals surface area contributed by atoms with Gasteiger partial charge in [0, 0.05) is 25.7 Å². The third-order valence-electron chi connectivity index (χ3n) is 3.68. The Morgan fingerprint density at radius 3 is 2.53 bits per heavy atom. The van der Waals surface area contributed by atoms with Gasteiger partial charge < -0.3 is 15.4 Å². The van der Waals surface area contributed by atoms with E-state index in [1.54, 1.807) is 0 Å². The molecule has 0 aliphatic carbocycles. The van der Waals surface area contributed by atoms with Gasteiger partial charge in [-0.3, -0.25) is 4.79 Å². The highest BCUT2D eigenvalue weighted by molar-refractivity contribution is 5.85. The Bertz CT molecular complexity index is 272. The molecule has 3 atom stereocenters. The molecule has 1 amide bonds. The standard InChI is InChI=1S/C14H28N2O2.ClH/c1-10(2)6-8-18-13-5-7-16(9-13)14(17)11(3)12(4)15;/h10-13H,5-9,15H2,1-4H3;1H. The van der Waals surface area contributed by atoms with Crippen molar-refractivity contribution in [2.75, 3.05) is 19.7 Å². The molecule has 4 nitrogen and oxygen atoms in total. The van der Waals surface area contributed by atoms with Crippen molar-refractivity contribution >= 4 is 18.3 Å². The molecule has 1 heterocycles. The van der Waals surface area contributed by atoms with Gasteiger partial charge in [0.1, 0.15) is 0 Å². The Morgan fingerprint density at radius 2 is 2.00 bits per heavy atom. The fraction of sp³-hybridized carbons (Fsp3) is 0.929. The van der Waals surface area contributed by atoms with Crippen LogP contribution in [0.2, 0.25) is 0 Å². The topological polar surface area (TPSA) is 55.6 Å². The third kappa shape index (κ3) is 6.11. The number of nitrogens with zero attached hydrogens (tertiary/aromatic N) is 1. The number of nitrogens with two attached hydrogens (primary N) is 1. The third-order valence-corrected chi connectivity index (χ3v) is 3.68. The van der Waals surface area contributed by atoms with E-state index in [1.165, 1.54) is 0 Å². The SMILES string of the molecule is CC(C)CCOC1CCN(C(=O)C(C)C(C)N)C1.Cl. The molecule has 0 bridgehead atoms. The number of carbonyl (C=O) groups excluding carboxylic acids is 1. The first-order chi connectivity index (χ1) is 8.41. The van der Waals surface area contributed by atoms with Crippen LogP contribution in [0, 0.1) is 11.8 Å². The number of ether oxygens (including phenoxy) is 1. The first-order valence-electron chi connectivity index (χ1n) is 7.07. The van der Waals surface area contributed by atoms with E-state index in [4.69, 9.17) is 10.5 Å². The van der Waals surface area contributed by atoms with Gasteiger partial charge in [-0.05, 0) is 25.7 Å². The smallest absolute Gasteiger partial charge is 0.227 e. The van der Waals surface area contributed by atoms with Gasteiger partial charge >= 0.3 is 0 Å². The molecule has 1 aliphatic heterocycles. The predicted molar refractivity (Wildman–Crippen MR) is 80.5 cm³/mol. The van der Waals surface area contributed by atoms with Gasteiger partial charge in [-0.25, -0.2) is 0 Å². The van der Waals surface area contributed by atoms with Crippen LogP contribution in [-0.4, -0.2) is 42.6 Å². The lowest BCUT2D eigenvalue weighted by molar-refractivity contribution is -0.134. The molecule has 1 rings (SSSR count). The lowest BCUT2D eigenvalue weighted by Gasteiger charge is -2.23. The summed E-state index contributed by atoms with van der Waals surface area (Å²) in [5.74, 6) is 0.738. The fourth-order valence-corrected chi connectivity index (χ4v) is 2.05. The van der Waals surface area contributed by atoms with Crippen LogP contribution in [0.4, 0.5) is 0 Å². The zero-order valence-corrected chi connectivity index (χ0v) is 13.4. The second kappa shape index (κ2) is 8.77. The number of carbonyl (C=O) groups is 1. The molecule has 5 heteroatoms. The molecular weight excluding hydrogens is 264 g/mol. The highest BCUT2D eigenvalue weighted by atomic mass is 35.5. The van der Waals surface area contributed by atoms with Gasteiger partial charge in [-0.1, -0.05) is 20.8 Å². The normalized spacial score (nSPS) is 22.2. The van der Waals surface area contributed by atoms with Crippen molar-refractivity contribution in [3.05, 3.63) is 0 Å². The minimum Gasteiger partial charge on any atom is -0.376 e. The molecule has 0 aromatic heterocycles. The van der Waals surface area contributed by atoms with Crippen LogP contribution in [0.15, 0.2) is 0 Å². The van der Waals surface area contributed by atoms with Crippen molar-refractivity contribution < 1.29 is 9.53 Å². The van der Waals surface area contributed by atoms with E-state index in [1.807, 2.05) is 18.7 Å². The van der Waals surface area contributed by atoms with Gasteiger partial charge in [0.05, 0.1) is 12.0 Å². The molecule has 0 aromatic rings. The Hall–Kier alpha value is -0.320. The molecule has 114 valence electrons. The average Bonchev–Trinajstić information content (AvgIpc) is 2.75. The molecule has 2 N–H and O–H groups in total. The van der Waals surface area contributed by atoms with Crippen LogP contribution < -0.4 is 5.73 Å². The first kappa shape index (κ1) is 18.7. The molecule has 0 aromatic carbocycles. The molecule has 0 spiro atoms. The Balaban J connectivity index is 0.00000324. The lowest BCUT2D eigenvalue weighted by atomic mass is 10.0. The van der Waals surface area contributed by atoms with Crippen LogP contribution in [0.5, 0.6) is 0 Å². The summed E-state index contributed by atoms with van der Waals surface area (Å²) < 4.78 is 5.81. The van der Waals surface area contributed by atoms with Crippen molar-refractivity contribution in [3.63, 3.8) is 0 Å². The van der Waals surface area contributed by atoms with E-state index in [0.29, 0.717) is 5.92 Å². The van der Waals surface area contributed by atoms with Crippen molar-refractivity contribution in [2.45, 2.75) is 52.7 Å². The summed E-state index contributed by atoms with van der Waals surface area (Å²) >= 11 is 0. The van der Waals surface area contributed by atoms with Crippen molar-refractivity contribution in [2.24, 2.45) is 17.6 Å². The van der Waals surface area contributed by atoms with Gasteiger partial charge in [-0.15, -0.1) is 12.4 Å². The van der Waals surface area contributed by atoms with Gasteiger partial charge in [-0.2, -0.15) is 0 Å². The summed E-state index contributed by atoms with van der Waals surface area (Å²) in [5.41, 5.74) is 5.77. The quantitative estimate of drug-likeness (QED) is 0.815. The molecule has 0 radical (unpaired) electrons. The maximum absolute atomic E-state index is 12.1. The minimum absolute atomic E-state index is 0. The molecule has 3 unspecified atom stereocenters. The summed E-state index contributed by atoms with van der Waals surface area (Å²) in [6.07, 6.45) is 2.25. The molecule has 1 saturated heterocycles. The number of hydrogen-bond acceptors (Lipinski definition) is 3. The van der Waals surface area contributed by atoms with E-state index in [2.05, 4.69) is 13.8 Å². The minimum atomic E-state index is -0.0978. The zero-order valence-electron chi connectivity index (χ0n) is 12.6. The second-order valence-corrected chi connectivity index (χ2v) is 5.90. The monoisotopic (exact) mass is 292 g/mol. The fourth-order valence-electron chi connectivity index (χ4n) is 2.05. The van der Waals surface area contributed by atoms with Gasteiger partial charge in [0.15, 0.2) is 0 Å². The maximum Gasteiger partial charge on any atom is 0.227 e.